The number of alkyl halides is 1. The maximum Gasteiger partial charge on any atom is 0.0374 e. The van der Waals surface area contributed by atoms with Gasteiger partial charge in [-0.1, -0.05) is 29.8 Å². The van der Waals surface area contributed by atoms with Crippen LogP contribution in [0.5, 0.6) is 0 Å². The number of nitrogens with one attached hydrogen (secondary N) is 1. The van der Waals surface area contributed by atoms with E-state index in [9.17, 15) is 0 Å². The van der Waals surface area contributed by atoms with Crippen LogP contribution in [-0.2, 0) is 6.54 Å². The number of halogens is 1. The molecule has 0 aliphatic carbocycles. The molecular formula is C11H16ClN. The monoisotopic (exact) mass is 197 g/mol. The first-order valence-corrected chi connectivity index (χ1v) is 5.10. The molecule has 1 aromatic rings. The first-order valence-electron chi connectivity index (χ1n) is 4.57. The van der Waals surface area contributed by atoms with Crippen molar-refractivity contribution in [3.05, 3.63) is 35.4 Å². The maximum atomic E-state index is 5.68. The normalized spacial score (nSPS) is 12.8. The average Bonchev–Trinajstić information content (AvgIpc) is 2.16. The summed E-state index contributed by atoms with van der Waals surface area (Å²) in [6, 6.07) is 8.92. The second-order valence-corrected chi connectivity index (χ2v) is 3.73. The highest BCUT2D eigenvalue weighted by Gasteiger charge is 1.98. The van der Waals surface area contributed by atoms with Gasteiger partial charge in [0.1, 0.15) is 0 Å². The van der Waals surface area contributed by atoms with E-state index < -0.39 is 0 Å². The lowest BCUT2D eigenvalue weighted by Crippen LogP contribution is -2.26. The summed E-state index contributed by atoms with van der Waals surface area (Å²) >= 11 is 5.68. The van der Waals surface area contributed by atoms with Crippen molar-refractivity contribution >= 4 is 11.6 Å². The van der Waals surface area contributed by atoms with E-state index in [0.717, 1.165) is 6.54 Å². The molecular weight excluding hydrogens is 182 g/mol. The zero-order valence-corrected chi connectivity index (χ0v) is 8.93. The second kappa shape index (κ2) is 5.25. The lowest BCUT2D eigenvalue weighted by molar-refractivity contribution is 0.593. The van der Waals surface area contributed by atoms with E-state index in [0.29, 0.717) is 11.9 Å². The molecule has 0 saturated carbocycles. The minimum absolute atomic E-state index is 0.378. The molecule has 0 aliphatic rings. The van der Waals surface area contributed by atoms with Crippen LogP contribution >= 0.6 is 11.6 Å². The Bertz CT molecular complexity index is 243. The lowest BCUT2D eigenvalue weighted by atomic mass is 10.1. The molecule has 1 N–H and O–H groups in total. The summed E-state index contributed by atoms with van der Waals surface area (Å²) in [5.41, 5.74) is 2.61. The van der Waals surface area contributed by atoms with Crippen molar-refractivity contribution in [2.45, 2.75) is 26.4 Å². The smallest absolute Gasteiger partial charge is 0.0374 e. The average molecular weight is 198 g/mol. The zero-order chi connectivity index (χ0) is 9.68. The van der Waals surface area contributed by atoms with E-state index in [1.807, 2.05) is 0 Å². The second-order valence-electron chi connectivity index (χ2n) is 3.42. The Labute approximate surface area is 85.1 Å². The zero-order valence-electron chi connectivity index (χ0n) is 8.18. The van der Waals surface area contributed by atoms with Crippen LogP contribution in [0.15, 0.2) is 24.3 Å². The molecule has 13 heavy (non-hydrogen) atoms. The number of hydrogen-bond acceptors (Lipinski definition) is 1. The van der Waals surface area contributed by atoms with Gasteiger partial charge in [-0.2, -0.15) is 0 Å². The Kier molecular flexibility index (Phi) is 4.26. The van der Waals surface area contributed by atoms with Gasteiger partial charge in [-0.25, -0.2) is 0 Å². The van der Waals surface area contributed by atoms with Gasteiger partial charge in [-0.3, -0.25) is 0 Å². The van der Waals surface area contributed by atoms with Gasteiger partial charge < -0.3 is 5.32 Å². The van der Waals surface area contributed by atoms with Crippen LogP contribution in [0.4, 0.5) is 0 Å². The third kappa shape index (κ3) is 3.79. The van der Waals surface area contributed by atoms with E-state index in [1.165, 1.54) is 11.1 Å². The Balaban J connectivity index is 2.41. The molecule has 72 valence electrons. The summed E-state index contributed by atoms with van der Waals surface area (Å²) < 4.78 is 0. The molecule has 0 saturated heterocycles. The van der Waals surface area contributed by atoms with Crippen LogP contribution in [-0.4, -0.2) is 11.9 Å². The van der Waals surface area contributed by atoms with Gasteiger partial charge in [0.05, 0.1) is 0 Å². The van der Waals surface area contributed by atoms with Gasteiger partial charge in [0.25, 0.3) is 0 Å². The van der Waals surface area contributed by atoms with Crippen LogP contribution in [0.3, 0.4) is 0 Å². The summed E-state index contributed by atoms with van der Waals surface area (Å²) in [4.78, 5) is 0. The van der Waals surface area contributed by atoms with Crippen molar-refractivity contribution in [1.82, 2.24) is 5.32 Å². The third-order valence-corrected chi connectivity index (χ3v) is 2.47. The van der Waals surface area contributed by atoms with Crippen LogP contribution in [0.1, 0.15) is 18.1 Å². The highest BCUT2D eigenvalue weighted by molar-refractivity contribution is 6.18. The highest BCUT2D eigenvalue weighted by Crippen LogP contribution is 2.02. The van der Waals surface area contributed by atoms with Crippen molar-refractivity contribution in [1.29, 1.82) is 0 Å². The van der Waals surface area contributed by atoms with Crippen LogP contribution in [0.2, 0.25) is 0 Å². The van der Waals surface area contributed by atoms with Crippen LogP contribution in [0, 0.1) is 6.92 Å². The van der Waals surface area contributed by atoms with E-state index in [1.54, 1.807) is 0 Å². The van der Waals surface area contributed by atoms with Gasteiger partial charge in [0, 0.05) is 18.5 Å². The summed E-state index contributed by atoms with van der Waals surface area (Å²) in [7, 11) is 0. The van der Waals surface area contributed by atoms with E-state index in [2.05, 4.69) is 43.4 Å². The summed E-state index contributed by atoms with van der Waals surface area (Å²) in [5.74, 6) is 0.659. The predicted molar refractivity (Wildman–Crippen MR) is 58.2 cm³/mol. The van der Waals surface area contributed by atoms with Gasteiger partial charge in [0.2, 0.25) is 0 Å². The Morgan fingerprint density at radius 1 is 1.31 bits per heavy atom. The highest BCUT2D eigenvalue weighted by atomic mass is 35.5. The SMILES string of the molecule is Cc1ccc(CNC(C)CCl)cc1. The first-order chi connectivity index (χ1) is 6.22. The number of benzene rings is 1. The minimum atomic E-state index is 0.378. The largest absolute Gasteiger partial charge is 0.309 e. The van der Waals surface area contributed by atoms with Crippen molar-refractivity contribution in [3.8, 4) is 0 Å². The molecule has 1 rings (SSSR count). The molecule has 2 heteroatoms. The maximum absolute atomic E-state index is 5.68. The van der Waals surface area contributed by atoms with Crippen LogP contribution in [0.25, 0.3) is 0 Å². The van der Waals surface area contributed by atoms with E-state index in [-0.39, 0.29) is 0 Å². The Hall–Kier alpha value is -0.530. The van der Waals surface area contributed by atoms with E-state index >= 15 is 0 Å². The van der Waals surface area contributed by atoms with Crippen molar-refractivity contribution in [2.75, 3.05) is 5.88 Å². The first kappa shape index (κ1) is 10.6. The number of aryl methyl sites for hydroxylation is 1. The fraction of sp³-hybridized carbons (Fsp3) is 0.455. The summed E-state index contributed by atoms with van der Waals surface area (Å²) in [6.07, 6.45) is 0. The lowest BCUT2D eigenvalue weighted by Gasteiger charge is -2.10. The molecule has 0 spiro atoms. The fourth-order valence-corrected chi connectivity index (χ4v) is 1.16. The third-order valence-electron chi connectivity index (χ3n) is 2.01. The van der Waals surface area contributed by atoms with Gasteiger partial charge >= 0.3 is 0 Å². The summed E-state index contributed by atoms with van der Waals surface area (Å²) in [5, 5.41) is 3.34. The van der Waals surface area contributed by atoms with Crippen molar-refractivity contribution in [2.24, 2.45) is 0 Å². The molecule has 1 nitrogen and oxygen atoms in total. The topological polar surface area (TPSA) is 12.0 Å². The number of rotatable bonds is 4. The Morgan fingerprint density at radius 2 is 1.92 bits per heavy atom. The number of hydrogen-bond donors (Lipinski definition) is 1. The molecule has 0 aromatic heterocycles. The molecule has 1 atom stereocenters. The fourth-order valence-electron chi connectivity index (χ4n) is 1.05. The molecule has 0 heterocycles. The predicted octanol–water partition coefficient (Wildman–Crippen LogP) is 2.71. The van der Waals surface area contributed by atoms with Gasteiger partial charge in [-0.15, -0.1) is 11.6 Å². The summed E-state index contributed by atoms with van der Waals surface area (Å²) in [6.45, 7) is 5.08. The standard InChI is InChI=1S/C11H16ClN/c1-9-3-5-11(6-4-9)8-13-10(2)7-12/h3-6,10,13H,7-8H2,1-2H3. The molecule has 0 aliphatic heterocycles. The molecule has 0 radical (unpaired) electrons. The van der Waals surface area contributed by atoms with Crippen LogP contribution < -0.4 is 5.32 Å². The van der Waals surface area contributed by atoms with Crippen molar-refractivity contribution in [3.63, 3.8) is 0 Å². The molecule has 1 unspecified atom stereocenters. The van der Waals surface area contributed by atoms with Gasteiger partial charge in [0.15, 0.2) is 0 Å². The van der Waals surface area contributed by atoms with Gasteiger partial charge in [-0.05, 0) is 19.4 Å². The Morgan fingerprint density at radius 3 is 2.46 bits per heavy atom. The molecule has 0 bridgehead atoms. The molecule has 0 amide bonds. The quantitative estimate of drug-likeness (QED) is 0.732. The van der Waals surface area contributed by atoms with E-state index in [4.69, 9.17) is 11.6 Å². The molecule has 0 fully saturated rings. The van der Waals surface area contributed by atoms with Crippen molar-refractivity contribution < 1.29 is 0 Å². The minimum Gasteiger partial charge on any atom is -0.309 e. The molecule has 1 aromatic carbocycles.